The summed E-state index contributed by atoms with van der Waals surface area (Å²) in [6, 6.07) is 7.17. The van der Waals surface area contributed by atoms with Crippen LogP contribution in [0.5, 0.6) is 0 Å². The second-order valence-electron chi connectivity index (χ2n) is 6.04. The van der Waals surface area contributed by atoms with E-state index in [1.165, 1.54) is 18.4 Å². The van der Waals surface area contributed by atoms with E-state index in [9.17, 15) is 8.42 Å². The first-order valence-electron chi connectivity index (χ1n) is 6.34. The SMILES string of the molecule is CC(Nc1ccc(S(=O)(=O)N(C)C)cc1)C(C)(C)C. The third-order valence-corrected chi connectivity index (χ3v) is 5.14. The summed E-state index contributed by atoms with van der Waals surface area (Å²) in [6.07, 6.45) is 0. The first-order chi connectivity index (χ1) is 8.55. The minimum atomic E-state index is -3.34. The van der Waals surface area contributed by atoms with Crippen molar-refractivity contribution in [3.05, 3.63) is 24.3 Å². The van der Waals surface area contributed by atoms with E-state index in [1.807, 2.05) is 0 Å². The molecule has 1 N–H and O–H groups in total. The minimum Gasteiger partial charge on any atom is -0.382 e. The average Bonchev–Trinajstić information content (AvgIpc) is 2.28. The standard InChI is InChI=1S/C14H24N2O2S/c1-11(14(2,3)4)15-12-7-9-13(10-8-12)19(17,18)16(5)6/h7-11,15H,1-6H3. The molecule has 0 spiro atoms. The van der Waals surface area contributed by atoms with Gasteiger partial charge in [-0.05, 0) is 36.6 Å². The van der Waals surface area contributed by atoms with Crippen molar-refractivity contribution in [3.8, 4) is 0 Å². The normalized spacial score (nSPS) is 14.5. The molecule has 4 nitrogen and oxygen atoms in total. The van der Waals surface area contributed by atoms with Crippen LogP contribution < -0.4 is 5.32 Å². The van der Waals surface area contributed by atoms with Gasteiger partial charge in [0.2, 0.25) is 10.0 Å². The van der Waals surface area contributed by atoms with Crippen LogP contribution in [-0.4, -0.2) is 32.9 Å². The quantitative estimate of drug-likeness (QED) is 0.925. The Bertz CT molecular complexity index is 513. The van der Waals surface area contributed by atoms with Crippen LogP contribution in [0.2, 0.25) is 0 Å². The molecule has 0 saturated heterocycles. The molecule has 1 aromatic rings. The van der Waals surface area contributed by atoms with Gasteiger partial charge < -0.3 is 5.32 Å². The van der Waals surface area contributed by atoms with E-state index in [-0.39, 0.29) is 5.41 Å². The van der Waals surface area contributed by atoms with Crippen LogP contribution in [0.4, 0.5) is 5.69 Å². The number of anilines is 1. The summed E-state index contributed by atoms with van der Waals surface area (Å²) in [4.78, 5) is 0.312. The Morgan fingerprint density at radius 1 is 1.11 bits per heavy atom. The van der Waals surface area contributed by atoms with Gasteiger partial charge in [0.25, 0.3) is 0 Å². The van der Waals surface area contributed by atoms with Gasteiger partial charge in [-0.3, -0.25) is 0 Å². The van der Waals surface area contributed by atoms with E-state index in [0.29, 0.717) is 10.9 Å². The molecule has 0 saturated carbocycles. The van der Waals surface area contributed by atoms with Crippen LogP contribution in [-0.2, 0) is 10.0 Å². The highest BCUT2D eigenvalue weighted by molar-refractivity contribution is 7.89. The molecule has 0 aliphatic carbocycles. The molecule has 0 aromatic heterocycles. The number of nitrogens with one attached hydrogen (secondary N) is 1. The van der Waals surface area contributed by atoms with Crippen molar-refractivity contribution in [3.63, 3.8) is 0 Å². The largest absolute Gasteiger partial charge is 0.382 e. The number of sulfonamides is 1. The van der Waals surface area contributed by atoms with E-state index < -0.39 is 10.0 Å². The van der Waals surface area contributed by atoms with Crippen LogP contribution in [0, 0.1) is 5.41 Å². The maximum Gasteiger partial charge on any atom is 0.242 e. The second-order valence-corrected chi connectivity index (χ2v) is 8.20. The molecule has 1 unspecified atom stereocenters. The van der Waals surface area contributed by atoms with Crippen LogP contribution in [0.3, 0.4) is 0 Å². The molecular formula is C14H24N2O2S. The lowest BCUT2D eigenvalue weighted by atomic mass is 9.88. The monoisotopic (exact) mass is 284 g/mol. The Morgan fingerprint density at radius 2 is 1.58 bits per heavy atom. The molecule has 19 heavy (non-hydrogen) atoms. The fourth-order valence-electron chi connectivity index (χ4n) is 1.40. The van der Waals surface area contributed by atoms with Crippen LogP contribution in [0.1, 0.15) is 27.7 Å². The Hall–Kier alpha value is -1.07. The number of benzene rings is 1. The molecule has 1 aromatic carbocycles. The highest BCUT2D eigenvalue weighted by Gasteiger charge is 2.20. The zero-order valence-corrected chi connectivity index (χ0v) is 13.4. The van der Waals surface area contributed by atoms with Crippen molar-refractivity contribution in [1.82, 2.24) is 4.31 Å². The zero-order valence-electron chi connectivity index (χ0n) is 12.6. The molecule has 0 heterocycles. The van der Waals surface area contributed by atoms with E-state index in [4.69, 9.17) is 0 Å². The third-order valence-electron chi connectivity index (χ3n) is 3.32. The van der Waals surface area contributed by atoms with E-state index in [2.05, 4.69) is 33.0 Å². The first kappa shape index (κ1) is 16.0. The molecule has 0 radical (unpaired) electrons. The number of nitrogens with zero attached hydrogens (tertiary/aromatic N) is 1. The lowest BCUT2D eigenvalue weighted by Gasteiger charge is -2.29. The van der Waals surface area contributed by atoms with E-state index in [0.717, 1.165) is 5.69 Å². The average molecular weight is 284 g/mol. The van der Waals surface area contributed by atoms with Gasteiger partial charge in [-0.15, -0.1) is 0 Å². The predicted molar refractivity (Wildman–Crippen MR) is 79.9 cm³/mol. The van der Waals surface area contributed by atoms with E-state index >= 15 is 0 Å². The number of hydrogen-bond acceptors (Lipinski definition) is 3. The summed E-state index contributed by atoms with van der Waals surface area (Å²) in [5.74, 6) is 0. The molecule has 0 bridgehead atoms. The molecule has 5 heteroatoms. The Morgan fingerprint density at radius 3 is 1.95 bits per heavy atom. The summed E-state index contributed by atoms with van der Waals surface area (Å²) in [5, 5.41) is 3.38. The fourth-order valence-corrected chi connectivity index (χ4v) is 2.30. The van der Waals surface area contributed by atoms with Crippen LogP contribution >= 0.6 is 0 Å². The molecule has 0 aliphatic heterocycles. The van der Waals surface area contributed by atoms with Gasteiger partial charge in [0.15, 0.2) is 0 Å². The summed E-state index contributed by atoms with van der Waals surface area (Å²) in [6.45, 7) is 8.60. The number of rotatable bonds is 4. The maximum absolute atomic E-state index is 11.9. The fraction of sp³-hybridized carbons (Fsp3) is 0.571. The predicted octanol–water partition coefficient (Wildman–Crippen LogP) is 2.78. The second kappa shape index (κ2) is 5.51. The van der Waals surface area contributed by atoms with Crippen molar-refractivity contribution in [2.24, 2.45) is 5.41 Å². The highest BCUT2D eigenvalue weighted by atomic mass is 32.2. The van der Waals surface area contributed by atoms with Crippen molar-refractivity contribution < 1.29 is 8.42 Å². The minimum absolute atomic E-state index is 0.147. The van der Waals surface area contributed by atoms with Crippen molar-refractivity contribution >= 4 is 15.7 Å². The summed E-state index contributed by atoms with van der Waals surface area (Å²) < 4.78 is 25.1. The van der Waals surface area contributed by atoms with Crippen molar-refractivity contribution in [2.75, 3.05) is 19.4 Å². The van der Waals surface area contributed by atoms with Gasteiger partial charge >= 0.3 is 0 Å². The molecule has 1 rings (SSSR count). The van der Waals surface area contributed by atoms with E-state index in [1.54, 1.807) is 24.3 Å². The van der Waals surface area contributed by atoms with Crippen molar-refractivity contribution in [1.29, 1.82) is 0 Å². The van der Waals surface area contributed by atoms with Gasteiger partial charge in [0.1, 0.15) is 0 Å². The smallest absolute Gasteiger partial charge is 0.242 e. The molecule has 1 atom stereocenters. The maximum atomic E-state index is 11.9. The zero-order chi connectivity index (χ0) is 14.8. The molecule has 0 aliphatic rings. The molecular weight excluding hydrogens is 260 g/mol. The van der Waals surface area contributed by atoms with Gasteiger partial charge in [-0.1, -0.05) is 20.8 Å². The summed E-state index contributed by atoms with van der Waals surface area (Å²) >= 11 is 0. The van der Waals surface area contributed by atoms with Crippen molar-refractivity contribution in [2.45, 2.75) is 38.6 Å². The van der Waals surface area contributed by atoms with Gasteiger partial charge in [0, 0.05) is 25.8 Å². The highest BCUT2D eigenvalue weighted by Crippen LogP contribution is 2.23. The molecule has 0 fully saturated rings. The number of hydrogen-bond donors (Lipinski definition) is 1. The van der Waals surface area contributed by atoms with Gasteiger partial charge in [-0.25, -0.2) is 12.7 Å². The topological polar surface area (TPSA) is 49.4 Å². The Kier molecular flexibility index (Phi) is 4.63. The first-order valence-corrected chi connectivity index (χ1v) is 7.78. The van der Waals surface area contributed by atoms with Crippen LogP contribution in [0.25, 0.3) is 0 Å². The third kappa shape index (κ3) is 3.94. The summed E-state index contributed by atoms with van der Waals surface area (Å²) in [5.41, 5.74) is 1.08. The van der Waals surface area contributed by atoms with Gasteiger partial charge in [0.05, 0.1) is 4.90 Å². The summed E-state index contributed by atoms with van der Waals surface area (Å²) in [7, 11) is -0.283. The lowest BCUT2D eigenvalue weighted by molar-refractivity contribution is 0.359. The van der Waals surface area contributed by atoms with Crippen LogP contribution in [0.15, 0.2) is 29.2 Å². The molecule has 108 valence electrons. The Balaban J connectivity index is 2.90. The van der Waals surface area contributed by atoms with Gasteiger partial charge in [-0.2, -0.15) is 0 Å². The Labute approximate surface area is 116 Å². The lowest BCUT2D eigenvalue weighted by Crippen LogP contribution is -2.30. The molecule has 0 amide bonds.